The van der Waals surface area contributed by atoms with Crippen molar-refractivity contribution in [2.45, 2.75) is 0 Å². The highest BCUT2D eigenvalue weighted by Gasteiger charge is 2.19. The van der Waals surface area contributed by atoms with Gasteiger partial charge in [0.05, 0.1) is 0 Å². The van der Waals surface area contributed by atoms with E-state index in [0.29, 0.717) is 0 Å². The molecule has 9 rings (SSSR count). The lowest BCUT2D eigenvalue weighted by molar-refractivity contribution is 1.59. The summed E-state index contributed by atoms with van der Waals surface area (Å²) in [5.41, 5.74) is 9.95. The molecular weight excluding hydrogens is 553 g/mol. The van der Waals surface area contributed by atoms with Crippen LogP contribution in [-0.2, 0) is 0 Å². The molecule has 0 saturated heterocycles. The maximum Gasteiger partial charge on any atom is -0.00259 e. The fourth-order valence-electron chi connectivity index (χ4n) is 7.26. The van der Waals surface area contributed by atoms with Gasteiger partial charge in [-0.2, -0.15) is 0 Å². The lowest BCUT2D eigenvalue weighted by Crippen LogP contribution is -1.92. The van der Waals surface area contributed by atoms with Crippen molar-refractivity contribution in [2.24, 2.45) is 0 Å². The van der Waals surface area contributed by atoms with Gasteiger partial charge in [-0.25, -0.2) is 0 Å². The number of benzene rings is 9. The Bertz CT molecular complexity index is 2570. The molecule has 0 heterocycles. The Morgan fingerprint density at radius 3 is 1.26 bits per heavy atom. The summed E-state index contributed by atoms with van der Waals surface area (Å²) in [4.78, 5) is 0. The van der Waals surface area contributed by atoms with Crippen LogP contribution in [0.3, 0.4) is 0 Å². The molecule has 0 aliphatic carbocycles. The first-order valence-electron chi connectivity index (χ1n) is 15.9. The first-order valence-corrected chi connectivity index (χ1v) is 15.9. The summed E-state index contributed by atoms with van der Waals surface area (Å²) in [7, 11) is 0. The molecule has 0 radical (unpaired) electrons. The molecule has 0 aliphatic rings. The lowest BCUT2D eigenvalue weighted by atomic mass is 9.83. The Kier molecular flexibility index (Phi) is 6.25. The molecule has 0 nitrogen and oxygen atoms in total. The highest BCUT2D eigenvalue weighted by atomic mass is 14.2. The monoisotopic (exact) mass is 582 g/mol. The van der Waals surface area contributed by atoms with E-state index in [9.17, 15) is 0 Å². The maximum atomic E-state index is 2.43. The number of hydrogen-bond acceptors (Lipinski definition) is 0. The van der Waals surface area contributed by atoms with Crippen molar-refractivity contribution in [3.63, 3.8) is 0 Å². The number of hydrogen-bond donors (Lipinski definition) is 0. The molecule has 0 spiro atoms. The average Bonchev–Trinajstić information content (AvgIpc) is 3.13. The highest BCUT2D eigenvalue weighted by molar-refractivity contribution is 6.22. The summed E-state index contributed by atoms with van der Waals surface area (Å²) in [6.45, 7) is 0. The van der Waals surface area contributed by atoms with E-state index in [4.69, 9.17) is 0 Å². The third kappa shape index (κ3) is 4.38. The van der Waals surface area contributed by atoms with Crippen molar-refractivity contribution >= 4 is 43.1 Å². The van der Waals surface area contributed by atoms with E-state index in [0.717, 1.165) is 0 Å². The van der Waals surface area contributed by atoms with Gasteiger partial charge >= 0.3 is 0 Å². The molecular formula is C46H30. The SMILES string of the molecule is c1ccc(-c2ccccc2-c2ccc3c(-c4ccc5ccccc5c4)c4ccccc4c(-c4ccc5ccccc5c4)c3c2)cc1. The molecule has 0 aromatic heterocycles. The van der Waals surface area contributed by atoms with E-state index in [1.807, 2.05) is 0 Å². The third-order valence-electron chi connectivity index (χ3n) is 9.42. The Hall–Kier alpha value is -5.98. The summed E-state index contributed by atoms with van der Waals surface area (Å²) in [5.74, 6) is 0. The van der Waals surface area contributed by atoms with Crippen molar-refractivity contribution < 1.29 is 0 Å². The quantitative estimate of drug-likeness (QED) is 0.181. The van der Waals surface area contributed by atoms with Crippen LogP contribution in [0.15, 0.2) is 182 Å². The normalized spacial score (nSPS) is 11.5. The summed E-state index contributed by atoms with van der Waals surface area (Å²) in [5, 5.41) is 10.1. The minimum absolute atomic E-state index is 1.22. The van der Waals surface area contributed by atoms with E-state index in [-0.39, 0.29) is 0 Å². The van der Waals surface area contributed by atoms with Gasteiger partial charge in [-0.05, 0) is 106 Å². The zero-order valence-electron chi connectivity index (χ0n) is 25.3. The predicted octanol–water partition coefficient (Wildman–Crippen LogP) is 13.0. The van der Waals surface area contributed by atoms with Crippen LogP contribution < -0.4 is 0 Å². The van der Waals surface area contributed by atoms with Gasteiger partial charge < -0.3 is 0 Å². The zero-order valence-corrected chi connectivity index (χ0v) is 25.3. The Morgan fingerprint density at radius 2 is 0.652 bits per heavy atom. The van der Waals surface area contributed by atoms with Crippen molar-refractivity contribution in [3.8, 4) is 44.5 Å². The standard InChI is InChI=1S/C46H30/c1-2-14-33(15-3-1)39-18-8-9-19-40(39)36-26-27-43-44(30-36)46(38-25-23-32-13-5-7-17-35(32)29-38)42-21-11-10-20-41(42)45(43)37-24-22-31-12-4-6-16-34(31)28-37/h1-30H. The van der Waals surface area contributed by atoms with Crippen molar-refractivity contribution in [3.05, 3.63) is 182 Å². The molecule has 9 aromatic rings. The van der Waals surface area contributed by atoms with Crippen LogP contribution in [0.2, 0.25) is 0 Å². The van der Waals surface area contributed by atoms with Crippen LogP contribution in [-0.4, -0.2) is 0 Å². The molecule has 0 unspecified atom stereocenters. The van der Waals surface area contributed by atoms with Crippen LogP contribution in [0, 0.1) is 0 Å². The van der Waals surface area contributed by atoms with Gasteiger partial charge in [-0.15, -0.1) is 0 Å². The first-order chi connectivity index (χ1) is 22.8. The van der Waals surface area contributed by atoms with Crippen LogP contribution in [0.1, 0.15) is 0 Å². The Morgan fingerprint density at radius 1 is 0.217 bits per heavy atom. The first kappa shape index (κ1) is 26.4. The third-order valence-corrected chi connectivity index (χ3v) is 9.42. The fourth-order valence-corrected chi connectivity index (χ4v) is 7.26. The van der Waals surface area contributed by atoms with Crippen molar-refractivity contribution in [2.75, 3.05) is 0 Å². The summed E-state index contributed by atoms with van der Waals surface area (Å²) in [6.07, 6.45) is 0. The molecule has 0 N–H and O–H groups in total. The van der Waals surface area contributed by atoms with E-state index in [2.05, 4.69) is 182 Å². The predicted molar refractivity (Wildman–Crippen MR) is 198 cm³/mol. The van der Waals surface area contributed by atoms with Gasteiger partial charge in [-0.1, -0.05) is 164 Å². The molecule has 214 valence electrons. The molecule has 0 aliphatic heterocycles. The van der Waals surface area contributed by atoms with Gasteiger partial charge in [0, 0.05) is 0 Å². The molecule has 0 atom stereocenters. The molecule has 0 bridgehead atoms. The maximum absolute atomic E-state index is 2.43. The van der Waals surface area contributed by atoms with Gasteiger partial charge in [0.1, 0.15) is 0 Å². The molecule has 9 aromatic carbocycles. The topological polar surface area (TPSA) is 0 Å². The smallest absolute Gasteiger partial charge is 0.00259 e. The minimum atomic E-state index is 1.22. The van der Waals surface area contributed by atoms with E-state index in [1.54, 1.807) is 0 Å². The fraction of sp³-hybridized carbons (Fsp3) is 0. The molecule has 0 heteroatoms. The summed E-state index contributed by atoms with van der Waals surface area (Å²) < 4.78 is 0. The second-order valence-electron chi connectivity index (χ2n) is 12.1. The van der Waals surface area contributed by atoms with E-state index < -0.39 is 0 Å². The Labute approximate surface area is 268 Å². The summed E-state index contributed by atoms with van der Waals surface area (Å²) in [6, 6.07) is 66.6. The molecule has 0 saturated carbocycles. The van der Waals surface area contributed by atoms with Crippen LogP contribution in [0.5, 0.6) is 0 Å². The second kappa shape index (κ2) is 10.9. The van der Waals surface area contributed by atoms with Crippen molar-refractivity contribution in [1.82, 2.24) is 0 Å². The minimum Gasteiger partial charge on any atom is -0.0622 e. The largest absolute Gasteiger partial charge is 0.0622 e. The van der Waals surface area contributed by atoms with Crippen LogP contribution in [0.4, 0.5) is 0 Å². The highest BCUT2D eigenvalue weighted by Crippen LogP contribution is 2.46. The zero-order chi connectivity index (χ0) is 30.5. The van der Waals surface area contributed by atoms with Crippen molar-refractivity contribution in [1.29, 1.82) is 0 Å². The number of fused-ring (bicyclic) bond motifs is 4. The average molecular weight is 583 g/mol. The second-order valence-corrected chi connectivity index (χ2v) is 12.1. The van der Waals surface area contributed by atoms with Gasteiger partial charge in [0.25, 0.3) is 0 Å². The summed E-state index contributed by atoms with van der Waals surface area (Å²) >= 11 is 0. The molecule has 0 fully saturated rings. The van der Waals surface area contributed by atoms with Gasteiger partial charge in [0.2, 0.25) is 0 Å². The van der Waals surface area contributed by atoms with E-state index in [1.165, 1.54) is 87.6 Å². The molecule has 0 amide bonds. The van der Waals surface area contributed by atoms with Crippen LogP contribution in [0.25, 0.3) is 87.6 Å². The van der Waals surface area contributed by atoms with Crippen LogP contribution >= 0.6 is 0 Å². The molecule has 46 heavy (non-hydrogen) atoms. The number of rotatable bonds is 4. The Balaban J connectivity index is 1.39. The van der Waals surface area contributed by atoms with E-state index >= 15 is 0 Å². The van der Waals surface area contributed by atoms with Gasteiger partial charge in [0.15, 0.2) is 0 Å². The van der Waals surface area contributed by atoms with Gasteiger partial charge in [-0.3, -0.25) is 0 Å². The lowest BCUT2D eigenvalue weighted by Gasteiger charge is -2.20.